The van der Waals surface area contributed by atoms with E-state index in [0.717, 1.165) is 32.5 Å². The van der Waals surface area contributed by atoms with Gasteiger partial charge in [-0.1, -0.05) is 36.4 Å². The second-order valence-corrected chi connectivity index (χ2v) is 6.17. The molecule has 25 heavy (non-hydrogen) atoms. The highest BCUT2D eigenvalue weighted by Crippen LogP contribution is 2.19. The zero-order chi connectivity index (χ0) is 17.6. The third-order valence-corrected chi connectivity index (χ3v) is 4.35. The molecule has 1 aliphatic heterocycles. The molecule has 1 fully saturated rings. The van der Waals surface area contributed by atoms with Gasteiger partial charge < -0.3 is 4.74 Å². The van der Waals surface area contributed by atoms with Gasteiger partial charge in [0, 0.05) is 31.8 Å². The average molecular weight is 340 g/mol. The number of non-ortho nitro benzene ring substituents is 1. The number of hydrogen-bond donors (Lipinski definition) is 0. The van der Waals surface area contributed by atoms with E-state index >= 15 is 0 Å². The van der Waals surface area contributed by atoms with Crippen LogP contribution in [0.25, 0.3) is 0 Å². The first-order valence-corrected chi connectivity index (χ1v) is 8.33. The Balaban J connectivity index is 1.51. The zero-order valence-electron chi connectivity index (χ0n) is 13.8. The topological polar surface area (TPSA) is 72.7 Å². The number of benzene rings is 2. The van der Waals surface area contributed by atoms with Crippen LogP contribution in [-0.4, -0.2) is 35.0 Å². The standard InChI is InChI=1S/C19H20N2O4/c22-19(16-7-4-8-17(13-16)21(23)24)25-18-9-11-20(12-10-18)14-15-5-2-1-3-6-15/h1-8,13,18H,9-12,14H2. The number of nitrogens with zero attached hydrogens (tertiary/aromatic N) is 2. The lowest BCUT2D eigenvalue weighted by molar-refractivity contribution is -0.384. The van der Waals surface area contributed by atoms with E-state index in [1.807, 2.05) is 18.2 Å². The molecule has 0 unspecified atom stereocenters. The smallest absolute Gasteiger partial charge is 0.338 e. The largest absolute Gasteiger partial charge is 0.459 e. The highest BCUT2D eigenvalue weighted by molar-refractivity contribution is 5.90. The molecule has 0 amide bonds. The molecule has 1 aliphatic rings. The summed E-state index contributed by atoms with van der Waals surface area (Å²) >= 11 is 0. The first-order chi connectivity index (χ1) is 12.1. The summed E-state index contributed by atoms with van der Waals surface area (Å²) in [7, 11) is 0. The summed E-state index contributed by atoms with van der Waals surface area (Å²) in [6.45, 7) is 2.62. The van der Waals surface area contributed by atoms with Crippen molar-refractivity contribution < 1.29 is 14.5 Å². The Bertz CT molecular complexity index is 740. The molecule has 0 N–H and O–H groups in total. The van der Waals surface area contributed by atoms with Crippen molar-refractivity contribution in [2.75, 3.05) is 13.1 Å². The summed E-state index contributed by atoms with van der Waals surface area (Å²) in [4.78, 5) is 24.8. The molecule has 0 bridgehead atoms. The summed E-state index contributed by atoms with van der Waals surface area (Å²) in [5.74, 6) is -0.495. The number of nitro groups is 1. The Morgan fingerprint density at radius 3 is 2.52 bits per heavy atom. The second kappa shape index (κ2) is 7.90. The molecule has 0 atom stereocenters. The van der Waals surface area contributed by atoms with Gasteiger partial charge in [-0.05, 0) is 24.5 Å². The monoisotopic (exact) mass is 340 g/mol. The third-order valence-electron chi connectivity index (χ3n) is 4.35. The molecule has 0 spiro atoms. The van der Waals surface area contributed by atoms with Crippen molar-refractivity contribution in [1.29, 1.82) is 0 Å². The van der Waals surface area contributed by atoms with E-state index in [9.17, 15) is 14.9 Å². The predicted molar refractivity (Wildman–Crippen MR) is 93.3 cm³/mol. The molecule has 1 saturated heterocycles. The third kappa shape index (κ3) is 4.64. The van der Waals surface area contributed by atoms with Crippen LogP contribution >= 0.6 is 0 Å². The van der Waals surface area contributed by atoms with Crippen molar-refractivity contribution in [3.05, 3.63) is 75.8 Å². The second-order valence-electron chi connectivity index (χ2n) is 6.17. The number of hydrogen-bond acceptors (Lipinski definition) is 5. The van der Waals surface area contributed by atoms with Crippen LogP contribution in [-0.2, 0) is 11.3 Å². The van der Waals surface area contributed by atoms with Gasteiger partial charge in [-0.15, -0.1) is 0 Å². The van der Waals surface area contributed by atoms with Crippen molar-refractivity contribution in [2.24, 2.45) is 0 Å². The fourth-order valence-corrected chi connectivity index (χ4v) is 2.99. The number of rotatable bonds is 5. The number of nitro benzene ring substituents is 1. The van der Waals surface area contributed by atoms with Crippen LogP contribution in [0.15, 0.2) is 54.6 Å². The Kier molecular flexibility index (Phi) is 5.40. The van der Waals surface area contributed by atoms with Crippen molar-refractivity contribution in [2.45, 2.75) is 25.5 Å². The van der Waals surface area contributed by atoms with Crippen molar-refractivity contribution in [1.82, 2.24) is 4.90 Å². The Morgan fingerprint density at radius 1 is 1.12 bits per heavy atom. The van der Waals surface area contributed by atoms with Crippen LogP contribution in [0.2, 0.25) is 0 Å². The van der Waals surface area contributed by atoms with E-state index in [1.54, 1.807) is 6.07 Å². The average Bonchev–Trinajstić information content (AvgIpc) is 2.64. The summed E-state index contributed by atoms with van der Waals surface area (Å²) in [5, 5.41) is 10.8. The maximum atomic E-state index is 12.2. The number of carbonyl (C=O) groups excluding carboxylic acids is 1. The number of piperidine rings is 1. The molecular weight excluding hydrogens is 320 g/mol. The Morgan fingerprint density at radius 2 is 1.84 bits per heavy atom. The van der Waals surface area contributed by atoms with Gasteiger partial charge in [0.1, 0.15) is 6.10 Å². The molecule has 6 nitrogen and oxygen atoms in total. The number of likely N-dealkylation sites (tertiary alicyclic amines) is 1. The first-order valence-electron chi connectivity index (χ1n) is 8.33. The van der Waals surface area contributed by atoms with Gasteiger partial charge in [0.05, 0.1) is 10.5 Å². The predicted octanol–water partition coefficient (Wildman–Crippen LogP) is 3.42. The van der Waals surface area contributed by atoms with Crippen molar-refractivity contribution in [3.8, 4) is 0 Å². The first kappa shape index (κ1) is 17.1. The van der Waals surface area contributed by atoms with Crippen LogP contribution in [0.5, 0.6) is 0 Å². The summed E-state index contributed by atoms with van der Waals surface area (Å²) < 4.78 is 5.52. The molecule has 130 valence electrons. The quantitative estimate of drug-likeness (QED) is 0.474. The summed E-state index contributed by atoms with van der Waals surface area (Å²) in [6.07, 6.45) is 1.40. The summed E-state index contributed by atoms with van der Waals surface area (Å²) in [6, 6.07) is 15.9. The van der Waals surface area contributed by atoms with E-state index < -0.39 is 10.9 Å². The minimum atomic E-state index is -0.515. The number of carbonyl (C=O) groups is 1. The number of ether oxygens (including phenoxy) is 1. The zero-order valence-corrected chi connectivity index (χ0v) is 13.8. The van der Waals surface area contributed by atoms with E-state index in [2.05, 4.69) is 17.0 Å². The molecule has 0 radical (unpaired) electrons. The molecule has 6 heteroatoms. The van der Waals surface area contributed by atoms with Gasteiger partial charge >= 0.3 is 5.97 Å². The lowest BCUT2D eigenvalue weighted by Gasteiger charge is -2.31. The van der Waals surface area contributed by atoms with Gasteiger partial charge in [0.25, 0.3) is 5.69 Å². The van der Waals surface area contributed by atoms with Gasteiger partial charge in [-0.25, -0.2) is 4.79 Å². The molecule has 3 rings (SSSR count). The van der Waals surface area contributed by atoms with Crippen LogP contribution in [0.3, 0.4) is 0 Å². The molecule has 2 aromatic carbocycles. The fourth-order valence-electron chi connectivity index (χ4n) is 2.99. The minimum Gasteiger partial charge on any atom is -0.459 e. The van der Waals surface area contributed by atoms with E-state index in [-0.39, 0.29) is 17.4 Å². The lowest BCUT2D eigenvalue weighted by atomic mass is 10.1. The maximum absolute atomic E-state index is 12.2. The van der Waals surface area contributed by atoms with Crippen LogP contribution in [0.1, 0.15) is 28.8 Å². The highest BCUT2D eigenvalue weighted by Gasteiger charge is 2.23. The van der Waals surface area contributed by atoms with E-state index in [0.29, 0.717) is 0 Å². The molecule has 0 saturated carbocycles. The normalized spacial score (nSPS) is 15.7. The van der Waals surface area contributed by atoms with Crippen LogP contribution in [0.4, 0.5) is 5.69 Å². The lowest BCUT2D eigenvalue weighted by Crippen LogP contribution is -2.37. The molecule has 0 aliphatic carbocycles. The Hall–Kier alpha value is -2.73. The molecular formula is C19H20N2O4. The van der Waals surface area contributed by atoms with E-state index in [1.165, 1.54) is 23.8 Å². The van der Waals surface area contributed by atoms with Crippen molar-refractivity contribution >= 4 is 11.7 Å². The highest BCUT2D eigenvalue weighted by atomic mass is 16.6. The molecule has 1 heterocycles. The van der Waals surface area contributed by atoms with Gasteiger partial charge in [0.2, 0.25) is 0 Å². The van der Waals surface area contributed by atoms with Gasteiger partial charge in [-0.2, -0.15) is 0 Å². The molecule has 2 aromatic rings. The fraction of sp³-hybridized carbons (Fsp3) is 0.316. The number of esters is 1. The minimum absolute atomic E-state index is 0.105. The van der Waals surface area contributed by atoms with Gasteiger partial charge in [-0.3, -0.25) is 15.0 Å². The van der Waals surface area contributed by atoms with Crippen molar-refractivity contribution in [3.63, 3.8) is 0 Å². The van der Waals surface area contributed by atoms with Crippen LogP contribution < -0.4 is 0 Å². The maximum Gasteiger partial charge on any atom is 0.338 e. The SMILES string of the molecule is O=C(OC1CCN(Cc2ccccc2)CC1)c1cccc([N+](=O)[O-])c1. The molecule has 0 aromatic heterocycles. The van der Waals surface area contributed by atoms with E-state index in [4.69, 9.17) is 4.74 Å². The Labute approximate surface area is 146 Å². The summed E-state index contributed by atoms with van der Waals surface area (Å²) in [5.41, 5.74) is 1.39. The van der Waals surface area contributed by atoms with Crippen LogP contribution in [0, 0.1) is 10.1 Å². The van der Waals surface area contributed by atoms with Gasteiger partial charge in [0.15, 0.2) is 0 Å².